The highest BCUT2D eigenvalue weighted by molar-refractivity contribution is 5.97. The predicted molar refractivity (Wildman–Crippen MR) is 73.7 cm³/mol. The molecule has 0 atom stereocenters. The Bertz CT molecular complexity index is 532. The lowest BCUT2D eigenvalue weighted by molar-refractivity contribution is 0.0925. The number of carbonyl (C=O) groups is 1. The predicted octanol–water partition coefficient (Wildman–Crippen LogP) is 3.12. The average Bonchev–Trinajstić information content (AvgIpc) is 2.88. The minimum atomic E-state index is -0.211. The molecule has 2 rings (SSSR count). The smallest absolute Gasteiger partial charge is 0.289 e. The molecule has 0 radical (unpaired) electrons. The fraction of sp³-hybridized carbons (Fsp3) is 0.333. The highest BCUT2D eigenvalue weighted by Gasteiger charge is 2.17. The average molecular weight is 258 g/mol. The van der Waals surface area contributed by atoms with Crippen molar-refractivity contribution in [1.29, 1.82) is 0 Å². The Balaban J connectivity index is 2.09. The number of carbonyl (C=O) groups excluding carboxylic acids is 1. The van der Waals surface area contributed by atoms with E-state index in [0.29, 0.717) is 18.2 Å². The van der Waals surface area contributed by atoms with E-state index in [9.17, 15) is 4.79 Å². The summed E-state index contributed by atoms with van der Waals surface area (Å²) in [6.07, 6.45) is 2.25. The summed E-state index contributed by atoms with van der Waals surface area (Å²) in [5.41, 5.74) is 1.47. The first-order chi connectivity index (χ1) is 9.18. The maximum atomic E-state index is 12.0. The summed E-state index contributed by atoms with van der Waals surface area (Å²) in [5, 5.41) is 2.85. The molecule has 0 aliphatic carbocycles. The van der Waals surface area contributed by atoms with Gasteiger partial charge >= 0.3 is 0 Å². The topological polar surface area (TPSA) is 55.1 Å². The molecule has 0 bridgehead atoms. The van der Waals surface area contributed by atoms with Gasteiger partial charge in [-0.15, -0.1) is 0 Å². The molecule has 0 saturated carbocycles. The molecule has 19 heavy (non-hydrogen) atoms. The van der Waals surface area contributed by atoms with Crippen LogP contribution in [0.2, 0.25) is 0 Å². The van der Waals surface area contributed by atoms with E-state index in [2.05, 4.69) is 24.1 Å². The SMILES string of the molecule is CC(C)CCNC(=O)c1ocnc1-c1ccccc1. The van der Waals surface area contributed by atoms with Crippen LogP contribution in [-0.2, 0) is 0 Å². The summed E-state index contributed by atoms with van der Waals surface area (Å²) in [6, 6.07) is 9.55. The zero-order valence-corrected chi connectivity index (χ0v) is 11.2. The molecule has 1 amide bonds. The fourth-order valence-corrected chi connectivity index (χ4v) is 1.76. The van der Waals surface area contributed by atoms with E-state index in [1.165, 1.54) is 6.39 Å². The van der Waals surface area contributed by atoms with E-state index in [1.54, 1.807) is 0 Å². The Kier molecular flexibility index (Phi) is 4.34. The molecular formula is C15H18N2O2. The van der Waals surface area contributed by atoms with Crippen LogP contribution < -0.4 is 5.32 Å². The normalized spacial score (nSPS) is 10.7. The summed E-state index contributed by atoms with van der Waals surface area (Å²) < 4.78 is 5.22. The Morgan fingerprint density at radius 1 is 1.32 bits per heavy atom. The summed E-state index contributed by atoms with van der Waals surface area (Å²) in [6.45, 7) is 4.89. The zero-order chi connectivity index (χ0) is 13.7. The second-order valence-corrected chi connectivity index (χ2v) is 4.83. The standard InChI is InChI=1S/C15H18N2O2/c1-11(2)8-9-16-15(18)14-13(17-10-19-14)12-6-4-3-5-7-12/h3-7,10-11H,8-9H2,1-2H3,(H,16,18). The van der Waals surface area contributed by atoms with Crippen LogP contribution in [0.4, 0.5) is 0 Å². The van der Waals surface area contributed by atoms with Gasteiger partial charge in [0, 0.05) is 12.1 Å². The molecule has 0 fully saturated rings. The number of hydrogen-bond donors (Lipinski definition) is 1. The summed E-state index contributed by atoms with van der Waals surface area (Å²) >= 11 is 0. The van der Waals surface area contributed by atoms with Crippen LogP contribution in [-0.4, -0.2) is 17.4 Å². The third-order valence-electron chi connectivity index (χ3n) is 2.83. The lowest BCUT2D eigenvalue weighted by Crippen LogP contribution is -2.25. The number of oxazole rings is 1. The van der Waals surface area contributed by atoms with E-state index in [4.69, 9.17) is 4.42 Å². The number of rotatable bonds is 5. The Morgan fingerprint density at radius 3 is 2.74 bits per heavy atom. The molecule has 4 heteroatoms. The quantitative estimate of drug-likeness (QED) is 0.896. The third-order valence-corrected chi connectivity index (χ3v) is 2.83. The molecule has 0 unspecified atom stereocenters. The van der Waals surface area contributed by atoms with Crippen molar-refractivity contribution in [3.05, 3.63) is 42.5 Å². The van der Waals surface area contributed by atoms with Crippen LogP contribution >= 0.6 is 0 Å². The van der Waals surface area contributed by atoms with Crippen molar-refractivity contribution in [3.8, 4) is 11.3 Å². The highest BCUT2D eigenvalue weighted by atomic mass is 16.3. The Morgan fingerprint density at radius 2 is 2.05 bits per heavy atom. The molecule has 1 aromatic heterocycles. The molecule has 0 aliphatic heterocycles. The van der Waals surface area contributed by atoms with Gasteiger partial charge in [0.2, 0.25) is 5.76 Å². The van der Waals surface area contributed by atoms with E-state index in [0.717, 1.165) is 12.0 Å². The molecule has 4 nitrogen and oxygen atoms in total. The maximum Gasteiger partial charge on any atom is 0.289 e. The number of amides is 1. The first-order valence-electron chi connectivity index (χ1n) is 6.45. The van der Waals surface area contributed by atoms with Gasteiger partial charge < -0.3 is 9.73 Å². The van der Waals surface area contributed by atoms with Crippen molar-refractivity contribution in [3.63, 3.8) is 0 Å². The van der Waals surface area contributed by atoms with E-state index >= 15 is 0 Å². The third kappa shape index (κ3) is 3.44. The minimum absolute atomic E-state index is 0.211. The molecule has 0 aliphatic rings. The molecule has 0 saturated heterocycles. The maximum absolute atomic E-state index is 12.0. The molecule has 1 N–H and O–H groups in total. The lowest BCUT2D eigenvalue weighted by Gasteiger charge is -2.06. The van der Waals surface area contributed by atoms with E-state index < -0.39 is 0 Å². The molecule has 1 heterocycles. The first-order valence-corrected chi connectivity index (χ1v) is 6.45. The summed E-state index contributed by atoms with van der Waals surface area (Å²) in [5.74, 6) is 0.621. The van der Waals surface area contributed by atoms with Crippen LogP contribution in [0.15, 0.2) is 41.1 Å². The number of nitrogens with one attached hydrogen (secondary N) is 1. The van der Waals surface area contributed by atoms with Crippen molar-refractivity contribution in [2.75, 3.05) is 6.54 Å². The van der Waals surface area contributed by atoms with Gasteiger partial charge in [-0.05, 0) is 12.3 Å². The number of nitrogens with zero attached hydrogens (tertiary/aromatic N) is 1. The van der Waals surface area contributed by atoms with Crippen LogP contribution in [0.3, 0.4) is 0 Å². The second-order valence-electron chi connectivity index (χ2n) is 4.83. The highest BCUT2D eigenvalue weighted by Crippen LogP contribution is 2.21. The van der Waals surface area contributed by atoms with Crippen molar-refractivity contribution in [2.45, 2.75) is 20.3 Å². The molecular weight excluding hydrogens is 240 g/mol. The molecule has 1 aromatic carbocycles. The first kappa shape index (κ1) is 13.3. The number of benzene rings is 1. The Hall–Kier alpha value is -2.10. The number of hydrogen-bond acceptors (Lipinski definition) is 3. The van der Waals surface area contributed by atoms with Gasteiger partial charge in [0.15, 0.2) is 6.39 Å². The van der Waals surface area contributed by atoms with Gasteiger partial charge in [-0.1, -0.05) is 44.2 Å². The van der Waals surface area contributed by atoms with Crippen molar-refractivity contribution in [2.24, 2.45) is 5.92 Å². The zero-order valence-electron chi connectivity index (χ0n) is 11.2. The monoisotopic (exact) mass is 258 g/mol. The summed E-state index contributed by atoms with van der Waals surface area (Å²) in [7, 11) is 0. The van der Waals surface area contributed by atoms with Gasteiger partial charge in [0.1, 0.15) is 5.69 Å². The largest absolute Gasteiger partial charge is 0.438 e. The Labute approximate surface area is 112 Å². The molecule has 100 valence electrons. The van der Waals surface area contributed by atoms with Gasteiger partial charge in [0.05, 0.1) is 0 Å². The van der Waals surface area contributed by atoms with Gasteiger partial charge in [-0.2, -0.15) is 0 Å². The molecule has 2 aromatic rings. The van der Waals surface area contributed by atoms with Crippen molar-refractivity contribution >= 4 is 5.91 Å². The van der Waals surface area contributed by atoms with E-state index in [1.807, 2.05) is 30.3 Å². The van der Waals surface area contributed by atoms with Crippen LogP contribution in [0, 0.1) is 5.92 Å². The van der Waals surface area contributed by atoms with Crippen LogP contribution in [0.1, 0.15) is 30.8 Å². The van der Waals surface area contributed by atoms with Gasteiger partial charge in [-0.3, -0.25) is 4.79 Å². The van der Waals surface area contributed by atoms with Crippen molar-refractivity contribution < 1.29 is 9.21 Å². The number of aromatic nitrogens is 1. The van der Waals surface area contributed by atoms with Gasteiger partial charge in [-0.25, -0.2) is 4.98 Å². The van der Waals surface area contributed by atoms with Gasteiger partial charge in [0.25, 0.3) is 5.91 Å². The van der Waals surface area contributed by atoms with E-state index in [-0.39, 0.29) is 11.7 Å². The minimum Gasteiger partial charge on any atom is -0.438 e. The summed E-state index contributed by atoms with van der Waals surface area (Å²) in [4.78, 5) is 16.2. The van der Waals surface area contributed by atoms with Crippen molar-refractivity contribution in [1.82, 2.24) is 10.3 Å². The lowest BCUT2D eigenvalue weighted by atomic mass is 10.1. The van der Waals surface area contributed by atoms with Crippen LogP contribution in [0.5, 0.6) is 0 Å². The fourth-order valence-electron chi connectivity index (χ4n) is 1.76. The second kappa shape index (κ2) is 6.18. The molecule has 0 spiro atoms. The van der Waals surface area contributed by atoms with Crippen LogP contribution in [0.25, 0.3) is 11.3 Å².